The predicted molar refractivity (Wildman–Crippen MR) is 115 cm³/mol. The summed E-state index contributed by atoms with van der Waals surface area (Å²) in [6.45, 7) is 6.91. The fourth-order valence-corrected chi connectivity index (χ4v) is 3.63. The number of hydrogen-bond acceptors (Lipinski definition) is 7. The van der Waals surface area contributed by atoms with Crippen LogP contribution in [0.4, 0.5) is 0 Å². The zero-order valence-electron chi connectivity index (χ0n) is 16.9. The minimum atomic E-state index is 0.622. The average Bonchev–Trinajstić information content (AvgIpc) is 3.22. The van der Waals surface area contributed by atoms with Crippen molar-refractivity contribution in [1.29, 1.82) is 0 Å². The molecule has 1 heterocycles. The second-order valence-electron chi connectivity index (χ2n) is 6.23. The lowest BCUT2D eigenvalue weighted by Crippen LogP contribution is -2.15. The SMILES string of the molecule is CCOc1ccc(CNCCCSc2nnnn2-c2ccccc2)cc1OCC. The van der Waals surface area contributed by atoms with E-state index in [2.05, 4.69) is 26.9 Å². The lowest BCUT2D eigenvalue weighted by Gasteiger charge is -2.12. The zero-order valence-corrected chi connectivity index (χ0v) is 17.7. The molecule has 3 aromatic rings. The second kappa shape index (κ2) is 11.4. The number of hydrogen-bond donors (Lipinski definition) is 1. The highest BCUT2D eigenvalue weighted by Gasteiger charge is 2.08. The van der Waals surface area contributed by atoms with Crippen molar-refractivity contribution in [2.24, 2.45) is 0 Å². The minimum absolute atomic E-state index is 0.622. The number of tetrazole rings is 1. The van der Waals surface area contributed by atoms with Gasteiger partial charge in [0.2, 0.25) is 5.16 Å². The highest BCUT2D eigenvalue weighted by atomic mass is 32.2. The molecule has 29 heavy (non-hydrogen) atoms. The van der Waals surface area contributed by atoms with Gasteiger partial charge in [-0.1, -0.05) is 36.0 Å². The van der Waals surface area contributed by atoms with Gasteiger partial charge in [-0.05, 0) is 67.1 Å². The van der Waals surface area contributed by atoms with Crippen LogP contribution in [0.15, 0.2) is 53.7 Å². The highest BCUT2D eigenvalue weighted by Crippen LogP contribution is 2.28. The van der Waals surface area contributed by atoms with Gasteiger partial charge in [-0.2, -0.15) is 4.68 Å². The van der Waals surface area contributed by atoms with Gasteiger partial charge >= 0.3 is 0 Å². The molecule has 0 atom stereocenters. The number of thioether (sulfide) groups is 1. The number of ether oxygens (including phenoxy) is 2. The predicted octanol–water partition coefficient (Wildman–Crippen LogP) is 3.73. The van der Waals surface area contributed by atoms with Crippen LogP contribution in [0.5, 0.6) is 11.5 Å². The highest BCUT2D eigenvalue weighted by molar-refractivity contribution is 7.99. The van der Waals surface area contributed by atoms with E-state index < -0.39 is 0 Å². The zero-order chi connectivity index (χ0) is 20.3. The van der Waals surface area contributed by atoms with Gasteiger partial charge in [0.05, 0.1) is 18.9 Å². The van der Waals surface area contributed by atoms with Gasteiger partial charge in [0.15, 0.2) is 11.5 Å². The molecule has 0 fully saturated rings. The summed E-state index contributed by atoms with van der Waals surface area (Å²) in [6.07, 6.45) is 1.02. The fourth-order valence-electron chi connectivity index (χ4n) is 2.80. The Bertz CT molecular complexity index is 873. The number of benzene rings is 2. The van der Waals surface area contributed by atoms with Crippen LogP contribution in [-0.4, -0.2) is 45.7 Å². The molecule has 2 aromatic carbocycles. The van der Waals surface area contributed by atoms with E-state index in [0.717, 1.165) is 47.6 Å². The summed E-state index contributed by atoms with van der Waals surface area (Å²) in [7, 11) is 0. The van der Waals surface area contributed by atoms with E-state index in [0.29, 0.717) is 13.2 Å². The number of nitrogens with one attached hydrogen (secondary N) is 1. The summed E-state index contributed by atoms with van der Waals surface area (Å²) in [5.41, 5.74) is 2.15. The monoisotopic (exact) mass is 413 g/mol. The van der Waals surface area contributed by atoms with Crippen molar-refractivity contribution < 1.29 is 9.47 Å². The number of para-hydroxylation sites is 1. The third-order valence-corrected chi connectivity index (χ3v) is 5.11. The normalized spacial score (nSPS) is 10.8. The van der Waals surface area contributed by atoms with Gasteiger partial charge in [0.1, 0.15) is 0 Å². The Morgan fingerprint density at radius 2 is 1.79 bits per heavy atom. The van der Waals surface area contributed by atoms with Crippen molar-refractivity contribution in [2.75, 3.05) is 25.5 Å². The molecule has 8 heteroatoms. The number of rotatable bonds is 12. The van der Waals surface area contributed by atoms with Gasteiger partial charge < -0.3 is 14.8 Å². The van der Waals surface area contributed by atoms with E-state index in [1.807, 2.05) is 56.3 Å². The van der Waals surface area contributed by atoms with E-state index in [-0.39, 0.29) is 0 Å². The molecule has 0 unspecified atom stereocenters. The molecule has 1 aromatic heterocycles. The van der Waals surface area contributed by atoms with Crippen LogP contribution in [0, 0.1) is 0 Å². The van der Waals surface area contributed by atoms with Crippen molar-refractivity contribution in [3.8, 4) is 17.2 Å². The average molecular weight is 414 g/mol. The van der Waals surface area contributed by atoms with E-state index >= 15 is 0 Å². The molecule has 0 spiro atoms. The topological polar surface area (TPSA) is 74.1 Å². The lowest BCUT2D eigenvalue weighted by molar-refractivity contribution is 0.287. The van der Waals surface area contributed by atoms with Crippen molar-refractivity contribution in [1.82, 2.24) is 25.5 Å². The van der Waals surface area contributed by atoms with E-state index in [1.165, 1.54) is 5.56 Å². The Hall–Kier alpha value is -2.58. The molecular weight excluding hydrogens is 386 g/mol. The molecule has 0 aliphatic rings. The van der Waals surface area contributed by atoms with Crippen LogP contribution in [0.1, 0.15) is 25.8 Å². The van der Waals surface area contributed by atoms with Crippen molar-refractivity contribution in [3.63, 3.8) is 0 Å². The van der Waals surface area contributed by atoms with Crippen molar-refractivity contribution in [2.45, 2.75) is 32.0 Å². The van der Waals surface area contributed by atoms with Crippen LogP contribution in [0.25, 0.3) is 5.69 Å². The molecule has 0 amide bonds. The molecule has 0 bridgehead atoms. The minimum Gasteiger partial charge on any atom is -0.490 e. The first-order valence-electron chi connectivity index (χ1n) is 9.87. The molecule has 154 valence electrons. The van der Waals surface area contributed by atoms with Crippen LogP contribution >= 0.6 is 11.8 Å². The molecule has 0 aliphatic heterocycles. The van der Waals surface area contributed by atoms with Crippen molar-refractivity contribution >= 4 is 11.8 Å². The van der Waals surface area contributed by atoms with Gasteiger partial charge in [0, 0.05) is 12.3 Å². The Kier molecular flexibility index (Phi) is 8.33. The van der Waals surface area contributed by atoms with Crippen LogP contribution < -0.4 is 14.8 Å². The number of nitrogens with zero attached hydrogens (tertiary/aromatic N) is 4. The van der Waals surface area contributed by atoms with E-state index in [1.54, 1.807) is 16.4 Å². The molecule has 0 aliphatic carbocycles. The van der Waals surface area contributed by atoms with Gasteiger partial charge in [-0.15, -0.1) is 5.10 Å². The first-order chi connectivity index (χ1) is 14.3. The number of aromatic nitrogens is 4. The summed E-state index contributed by atoms with van der Waals surface area (Å²) in [6, 6.07) is 16.0. The molecule has 0 saturated heterocycles. The smallest absolute Gasteiger partial charge is 0.214 e. The Morgan fingerprint density at radius 1 is 1.00 bits per heavy atom. The Labute approximate surface area is 175 Å². The van der Waals surface area contributed by atoms with Crippen LogP contribution in [0.2, 0.25) is 0 Å². The quantitative estimate of drug-likeness (QED) is 0.358. The molecule has 7 nitrogen and oxygen atoms in total. The molecule has 3 rings (SSSR count). The van der Waals surface area contributed by atoms with Crippen LogP contribution in [-0.2, 0) is 6.54 Å². The first kappa shape index (κ1) is 21.1. The third kappa shape index (κ3) is 6.20. The Morgan fingerprint density at radius 3 is 2.59 bits per heavy atom. The fraction of sp³-hybridized carbons (Fsp3) is 0.381. The van der Waals surface area contributed by atoms with E-state index in [9.17, 15) is 0 Å². The van der Waals surface area contributed by atoms with Gasteiger partial charge in [-0.3, -0.25) is 0 Å². The van der Waals surface area contributed by atoms with Gasteiger partial charge in [-0.25, -0.2) is 0 Å². The maximum Gasteiger partial charge on any atom is 0.214 e. The maximum atomic E-state index is 5.69. The van der Waals surface area contributed by atoms with E-state index in [4.69, 9.17) is 9.47 Å². The largest absolute Gasteiger partial charge is 0.490 e. The summed E-state index contributed by atoms with van der Waals surface area (Å²) >= 11 is 1.66. The second-order valence-corrected chi connectivity index (χ2v) is 7.30. The summed E-state index contributed by atoms with van der Waals surface area (Å²) in [5, 5.41) is 16.3. The Balaban J connectivity index is 1.42. The summed E-state index contributed by atoms with van der Waals surface area (Å²) in [5.74, 6) is 2.54. The first-order valence-corrected chi connectivity index (χ1v) is 10.9. The van der Waals surface area contributed by atoms with Crippen LogP contribution in [0.3, 0.4) is 0 Å². The molecule has 0 saturated carbocycles. The lowest BCUT2D eigenvalue weighted by atomic mass is 10.2. The molecule has 0 radical (unpaired) electrons. The molecular formula is C21H27N5O2S. The molecule has 1 N–H and O–H groups in total. The summed E-state index contributed by atoms with van der Waals surface area (Å²) in [4.78, 5) is 0. The van der Waals surface area contributed by atoms with Gasteiger partial charge in [0.25, 0.3) is 0 Å². The maximum absolute atomic E-state index is 5.69. The summed E-state index contributed by atoms with van der Waals surface area (Å²) < 4.78 is 13.1. The van der Waals surface area contributed by atoms with Crippen molar-refractivity contribution in [3.05, 3.63) is 54.1 Å². The third-order valence-electron chi connectivity index (χ3n) is 4.11. The standard InChI is InChI=1S/C21H27N5O2S/c1-3-27-19-12-11-17(15-20(19)28-4-2)16-22-13-8-14-29-21-23-24-25-26(21)18-9-6-5-7-10-18/h5-7,9-12,15,22H,3-4,8,13-14,16H2,1-2H3.